The molecule has 0 saturated carbocycles. The van der Waals surface area contributed by atoms with E-state index in [0.29, 0.717) is 44.2 Å². The van der Waals surface area contributed by atoms with E-state index in [4.69, 9.17) is 2.74 Å². The van der Waals surface area contributed by atoms with Gasteiger partial charge in [0.1, 0.15) is 0 Å². The van der Waals surface area contributed by atoms with Crippen LogP contribution in [-0.2, 0) is 0 Å². The second kappa shape index (κ2) is 10.9. The molecule has 0 bridgehead atoms. The van der Waals surface area contributed by atoms with Crippen molar-refractivity contribution >= 4 is 43.1 Å². The van der Waals surface area contributed by atoms with Crippen molar-refractivity contribution in [1.29, 1.82) is 0 Å². The molecule has 0 N–H and O–H groups in total. The maximum atomic E-state index is 10.1. The quantitative estimate of drug-likeness (QED) is 0.179. The van der Waals surface area contributed by atoms with Gasteiger partial charge in [-0.15, -0.1) is 0 Å². The zero-order chi connectivity index (χ0) is 36.5. The van der Waals surface area contributed by atoms with Crippen LogP contribution in [0.3, 0.4) is 0 Å². The Morgan fingerprint density at radius 1 is 0.304 bits per heavy atom. The van der Waals surface area contributed by atoms with Crippen molar-refractivity contribution in [3.05, 3.63) is 182 Å². The summed E-state index contributed by atoms with van der Waals surface area (Å²) in [5.74, 6) is 0. The summed E-state index contributed by atoms with van der Waals surface area (Å²) >= 11 is 0. The van der Waals surface area contributed by atoms with E-state index < -0.39 is 0 Å². The molecule has 0 amide bonds. The average molecular weight is 590 g/mol. The van der Waals surface area contributed by atoms with E-state index in [1.807, 2.05) is 140 Å². The van der Waals surface area contributed by atoms with Gasteiger partial charge in [-0.2, -0.15) is 0 Å². The summed E-state index contributed by atoms with van der Waals surface area (Å²) in [5.41, 5.74) is 5.09. The van der Waals surface area contributed by atoms with Crippen LogP contribution in [0.1, 0.15) is 9.60 Å². The molecule has 9 rings (SSSR count). The maximum Gasteiger partial charge on any atom is 0.0636 e. The molecule has 0 heterocycles. The van der Waals surface area contributed by atoms with Gasteiger partial charge in [-0.3, -0.25) is 0 Å². The molecule has 0 aromatic heterocycles. The van der Waals surface area contributed by atoms with Gasteiger partial charge in [0, 0.05) is 0 Å². The lowest BCUT2D eigenvalue weighted by Crippen LogP contribution is -1.93. The molecule has 0 fully saturated rings. The second-order valence-corrected chi connectivity index (χ2v) is 11.5. The Kier molecular flexibility index (Phi) is 4.76. The highest BCUT2D eigenvalue weighted by Crippen LogP contribution is 2.46. The van der Waals surface area contributed by atoms with Crippen LogP contribution in [0.25, 0.3) is 87.6 Å². The third-order valence-corrected chi connectivity index (χ3v) is 8.90. The normalized spacial score (nSPS) is 13.6. The Bertz CT molecular complexity index is 2940. The van der Waals surface area contributed by atoms with Crippen molar-refractivity contribution in [1.82, 2.24) is 0 Å². The summed E-state index contributed by atoms with van der Waals surface area (Å²) < 4.78 is 66.0. The van der Waals surface area contributed by atoms with E-state index >= 15 is 0 Å². The predicted molar refractivity (Wildman–Crippen MR) is 198 cm³/mol. The first-order chi connectivity index (χ1) is 25.8. The number of fused-ring (bicyclic) bond motifs is 4. The molecule has 0 unspecified atom stereocenters. The van der Waals surface area contributed by atoms with Gasteiger partial charge in [-0.05, 0) is 93.6 Å². The van der Waals surface area contributed by atoms with E-state index in [2.05, 4.69) is 0 Å². The van der Waals surface area contributed by atoms with E-state index in [1.54, 1.807) is 0 Å². The molecular weight excluding hydrogens is 553 g/mol. The van der Waals surface area contributed by atoms with E-state index in [-0.39, 0.29) is 53.1 Å². The van der Waals surface area contributed by atoms with E-state index in [9.17, 15) is 6.85 Å². The Morgan fingerprint density at radius 3 is 1.54 bits per heavy atom. The highest BCUT2D eigenvalue weighted by Gasteiger charge is 2.19. The molecule has 214 valence electrons. The predicted octanol–water partition coefficient (Wildman–Crippen LogP) is 13.0. The topological polar surface area (TPSA) is 0 Å². The van der Waals surface area contributed by atoms with Crippen molar-refractivity contribution < 1.29 is 9.60 Å². The fraction of sp³-hybridized carbons (Fsp3) is 0. The SMILES string of the molecule is [2H]c1c([2H])c([2H])c2c(-c3cccc4ccccc34)c3c([2H])c(-c4cccc5ccccc45)c([2H])c([2H])c3c(-c3ccc(-c4ccccc4)cc3)c2c1[2H]. The smallest absolute Gasteiger partial charge is 0.0622 e. The van der Waals surface area contributed by atoms with Crippen LogP contribution in [0.2, 0.25) is 0 Å². The van der Waals surface area contributed by atoms with Crippen LogP contribution in [0.15, 0.2) is 182 Å². The Balaban J connectivity index is 1.54. The molecule has 0 atom stereocenters. The van der Waals surface area contributed by atoms with Crippen molar-refractivity contribution in [2.45, 2.75) is 0 Å². The van der Waals surface area contributed by atoms with E-state index in [0.717, 1.165) is 32.7 Å². The molecule has 0 aliphatic rings. The van der Waals surface area contributed by atoms with Crippen LogP contribution in [0, 0.1) is 0 Å². The molecule has 0 radical (unpaired) electrons. The van der Waals surface area contributed by atoms with Gasteiger partial charge in [0.05, 0.1) is 9.60 Å². The van der Waals surface area contributed by atoms with E-state index in [1.165, 1.54) is 0 Å². The highest BCUT2D eigenvalue weighted by atomic mass is 14.2. The average Bonchev–Trinajstić information content (AvgIpc) is 3.20. The summed E-state index contributed by atoms with van der Waals surface area (Å²) in [7, 11) is 0. The highest BCUT2D eigenvalue weighted by molar-refractivity contribution is 6.24. The minimum atomic E-state index is -0.385. The summed E-state index contributed by atoms with van der Waals surface area (Å²) in [6.45, 7) is 0. The molecule has 0 nitrogen and oxygen atoms in total. The minimum Gasteiger partial charge on any atom is -0.0622 e. The van der Waals surface area contributed by atoms with Gasteiger partial charge in [-0.25, -0.2) is 0 Å². The molecule has 0 aliphatic heterocycles. The Hall–Kier alpha value is -5.98. The van der Waals surface area contributed by atoms with Crippen LogP contribution in [0.4, 0.5) is 0 Å². The lowest BCUT2D eigenvalue weighted by Gasteiger charge is -2.20. The third kappa shape index (κ3) is 4.30. The second-order valence-electron chi connectivity index (χ2n) is 11.5. The number of benzene rings is 9. The fourth-order valence-corrected chi connectivity index (χ4v) is 6.76. The Morgan fingerprint density at radius 2 is 0.826 bits per heavy atom. The third-order valence-electron chi connectivity index (χ3n) is 8.90. The number of hydrogen-bond donors (Lipinski definition) is 0. The van der Waals surface area contributed by atoms with Gasteiger partial charge in [0.25, 0.3) is 0 Å². The number of hydrogen-bond acceptors (Lipinski definition) is 0. The first-order valence-electron chi connectivity index (χ1n) is 18.9. The van der Waals surface area contributed by atoms with Crippen molar-refractivity contribution in [3.63, 3.8) is 0 Å². The zero-order valence-electron chi connectivity index (χ0n) is 31.8. The Labute approximate surface area is 278 Å². The maximum absolute atomic E-state index is 10.1. The summed E-state index contributed by atoms with van der Waals surface area (Å²) in [6.07, 6.45) is 0. The molecule has 0 saturated heterocycles. The van der Waals surface area contributed by atoms with Crippen molar-refractivity contribution in [2.24, 2.45) is 0 Å². The molecule has 46 heavy (non-hydrogen) atoms. The zero-order valence-corrected chi connectivity index (χ0v) is 24.8. The molecule has 0 spiro atoms. The summed E-state index contributed by atoms with van der Waals surface area (Å²) in [4.78, 5) is 0. The van der Waals surface area contributed by atoms with Gasteiger partial charge in [0.15, 0.2) is 0 Å². The van der Waals surface area contributed by atoms with Crippen LogP contribution in [-0.4, -0.2) is 0 Å². The van der Waals surface area contributed by atoms with Crippen molar-refractivity contribution in [2.75, 3.05) is 0 Å². The fourth-order valence-electron chi connectivity index (χ4n) is 6.76. The molecular formula is C46H30. The van der Waals surface area contributed by atoms with Crippen LogP contribution < -0.4 is 0 Å². The summed E-state index contributed by atoms with van der Waals surface area (Å²) in [6, 6.07) is 43.5. The van der Waals surface area contributed by atoms with Crippen LogP contribution in [0.5, 0.6) is 0 Å². The molecule has 0 heteroatoms. The standard InChI is InChI=1S/C46H30/c1-2-12-31(13-3-1)32-24-26-35(27-25-32)45-41-20-8-9-21-42(41)46(40-23-11-17-34-15-5-7-19-38(34)40)44-30-36(28-29-43(44)45)39-22-10-16-33-14-4-6-18-37(33)39/h1-30H/i8D,9D,20D,21D,28D,29D,30D. The molecule has 9 aromatic rings. The molecule has 0 aliphatic carbocycles. The van der Waals surface area contributed by atoms with Crippen LogP contribution >= 0.6 is 0 Å². The molecule has 9 aromatic carbocycles. The summed E-state index contributed by atoms with van der Waals surface area (Å²) in [5, 5.41) is 4.76. The largest absolute Gasteiger partial charge is 0.0636 e. The van der Waals surface area contributed by atoms with Gasteiger partial charge >= 0.3 is 0 Å². The lowest BCUT2D eigenvalue weighted by atomic mass is 9.83. The van der Waals surface area contributed by atoms with Gasteiger partial charge in [-0.1, -0.05) is 176 Å². The van der Waals surface area contributed by atoms with Gasteiger partial charge in [0.2, 0.25) is 0 Å². The monoisotopic (exact) mass is 589 g/mol. The van der Waals surface area contributed by atoms with Gasteiger partial charge < -0.3 is 0 Å². The minimum absolute atomic E-state index is 0.0248. The first kappa shape index (κ1) is 20.1. The number of rotatable bonds is 4. The van der Waals surface area contributed by atoms with Crippen molar-refractivity contribution in [3.8, 4) is 44.5 Å². The first-order valence-corrected chi connectivity index (χ1v) is 15.4. The lowest BCUT2D eigenvalue weighted by molar-refractivity contribution is 1.61.